The van der Waals surface area contributed by atoms with Crippen LogP contribution in [0.1, 0.15) is 0 Å². The molecule has 5 aromatic rings. The SMILES string of the molecule is COc1cc2c(Nc3nc4ccc(NC(=O)Nc5cc(F)ccc5F)cc4s3)ncnc2cc1OCCN(C)C. The molecule has 0 unspecified atom stereocenters. The molecule has 2 amide bonds. The minimum Gasteiger partial charge on any atom is -0.493 e. The number of carbonyl (C=O) groups excluding carboxylic acids is 1. The van der Waals surface area contributed by atoms with E-state index in [1.165, 1.54) is 17.7 Å². The lowest BCUT2D eigenvalue weighted by Gasteiger charge is -2.15. The molecule has 0 fully saturated rings. The van der Waals surface area contributed by atoms with Crippen LogP contribution in [0.3, 0.4) is 0 Å². The molecule has 0 aliphatic carbocycles. The van der Waals surface area contributed by atoms with Crippen LogP contribution in [0.2, 0.25) is 0 Å². The fraction of sp³-hybridized carbons (Fsp3) is 0.185. The molecule has 0 atom stereocenters. The second kappa shape index (κ2) is 11.6. The van der Waals surface area contributed by atoms with E-state index in [1.54, 1.807) is 25.3 Å². The largest absolute Gasteiger partial charge is 0.493 e. The normalized spacial score (nSPS) is 11.2. The lowest BCUT2D eigenvalue weighted by Crippen LogP contribution is -2.20. The Kier molecular flexibility index (Phi) is 7.84. The van der Waals surface area contributed by atoms with Crippen LogP contribution in [-0.4, -0.2) is 60.2 Å². The Hall–Kier alpha value is -4.62. The van der Waals surface area contributed by atoms with E-state index in [0.29, 0.717) is 45.8 Å². The first kappa shape index (κ1) is 27.0. The molecule has 13 heteroatoms. The summed E-state index contributed by atoms with van der Waals surface area (Å²) >= 11 is 1.35. The number of aromatic nitrogens is 3. The molecule has 2 aromatic heterocycles. The Labute approximate surface area is 232 Å². The molecule has 0 aliphatic heterocycles. The second-order valence-corrected chi connectivity index (χ2v) is 9.95. The van der Waals surface area contributed by atoms with Crippen LogP contribution in [0.4, 0.5) is 35.9 Å². The molecular formula is C27H25F2N7O3S. The van der Waals surface area contributed by atoms with Crippen molar-refractivity contribution in [3.63, 3.8) is 0 Å². The summed E-state index contributed by atoms with van der Waals surface area (Å²) in [6, 6.07) is 10.9. The molecule has 0 bridgehead atoms. The van der Waals surface area contributed by atoms with E-state index in [9.17, 15) is 13.6 Å². The third-order valence-corrected chi connectivity index (χ3v) is 6.70. The number of likely N-dealkylation sites (N-methyl/N-ethyl adjacent to an activating group) is 1. The Morgan fingerprint density at radius 2 is 1.85 bits per heavy atom. The number of halogens is 2. The summed E-state index contributed by atoms with van der Waals surface area (Å²) in [7, 11) is 5.52. The van der Waals surface area contributed by atoms with Gasteiger partial charge in [-0.25, -0.2) is 28.5 Å². The van der Waals surface area contributed by atoms with E-state index < -0.39 is 17.7 Å². The molecule has 0 spiro atoms. The number of fused-ring (bicyclic) bond motifs is 2. The molecule has 0 radical (unpaired) electrons. The number of nitrogens with one attached hydrogen (secondary N) is 3. The summed E-state index contributed by atoms with van der Waals surface area (Å²) in [6.45, 7) is 1.25. The lowest BCUT2D eigenvalue weighted by atomic mass is 10.2. The zero-order valence-electron chi connectivity index (χ0n) is 21.8. The highest BCUT2D eigenvalue weighted by Gasteiger charge is 2.14. The van der Waals surface area contributed by atoms with Gasteiger partial charge < -0.3 is 30.3 Å². The van der Waals surface area contributed by atoms with E-state index in [-0.39, 0.29) is 5.69 Å². The lowest BCUT2D eigenvalue weighted by molar-refractivity contribution is 0.251. The van der Waals surface area contributed by atoms with Crippen LogP contribution in [0.15, 0.2) is 54.9 Å². The third kappa shape index (κ3) is 6.16. The Morgan fingerprint density at radius 1 is 1.00 bits per heavy atom. The van der Waals surface area contributed by atoms with Crippen LogP contribution >= 0.6 is 11.3 Å². The van der Waals surface area contributed by atoms with Crippen LogP contribution in [0.25, 0.3) is 21.1 Å². The smallest absolute Gasteiger partial charge is 0.323 e. The van der Waals surface area contributed by atoms with Gasteiger partial charge in [0, 0.05) is 29.8 Å². The van der Waals surface area contributed by atoms with Crippen LogP contribution in [0, 0.1) is 11.6 Å². The van der Waals surface area contributed by atoms with Gasteiger partial charge in [0.1, 0.15) is 30.4 Å². The number of hydrogen-bond donors (Lipinski definition) is 3. The fourth-order valence-electron chi connectivity index (χ4n) is 3.81. The van der Waals surface area contributed by atoms with Crippen molar-refractivity contribution < 1.29 is 23.0 Å². The van der Waals surface area contributed by atoms with E-state index in [2.05, 4.69) is 30.9 Å². The molecule has 0 saturated carbocycles. The van der Waals surface area contributed by atoms with E-state index in [1.807, 2.05) is 31.1 Å². The maximum Gasteiger partial charge on any atom is 0.323 e. The maximum absolute atomic E-state index is 13.8. The van der Waals surface area contributed by atoms with E-state index in [0.717, 1.165) is 34.8 Å². The molecule has 5 rings (SSSR count). The molecule has 3 N–H and O–H groups in total. The second-order valence-electron chi connectivity index (χ2n) is 8.92. The number of thiazole rings is 1. The molecular weight excluding hydrogens is 540 g/mol. The van der Waals surface area contributed by atoms with Crippen LogP contribution in [-0.2, 0) is 0 Å². The van der Waals surface area contributed by atoms with Gasteiger partial charge in [-0.15, -0.1) is 0 Å². The summed E-state index contributed by atoms with van der Waals surface area (Å²) in [5, 5.41) is 9.47. The average molecular weight is 566 g/mol. The molecule has 2 heterocycles. The Bertz CT molecular complexity index is 1700. The highest BCUT2D eigenvalue weighted by Crippen LogP contribution is 2.36. The summed E-state index contributed by atoms with van der Waals surface area (Å²) in [5.41, 5.74) is 1.56. The van der Waals surface area contributed by atoms with Crippen molar-refractivity contribution in [1.82, 2.24) is 19.9 Å². The summed E-state index contributed by atoms with van der Waals surface area (Å²) in [4.78, 5) is 27.8. The number of methoxy groups -OCH3 is 1. The number of benzene rings is 3. The first-order valence-corrected chi connectivity index (χ1v) is 12.9. The van der Waals surface area contributed by atoms with Crippen LogP contribution in [0.5, 0.6) is 11.5 Å². The average Bonchev–Trinajstić information content (AvgIpc) is 3.32. The van der Waals surface area contributed by atoms with Crippen molar-refractivity contribution in [2.75, 3.05) is 50.3 Å². The Balaban J connectivity index is 1.33. The van der Waals surface area contributed by atoms with Gasteiger partial charge in [-0.05, 0) is 50.5 Å². The number of nitrogens with zero attached hydrogens (tertiary/aromatic N) is 4. The van der Waals surface area contributed by atoms with Gasteiger partial charge in [0.05, 0.1) is 28.5 Å². The van der Waals surface area contributed by atoms with Crippen molar-refractivity contribution in [1.29, 1.82) is 0 Å². The molecule has 40 heavy (non-hydrogen) atoms. The quantitative estimate of drug-likeness (QED) is 0.204. The standard InChI is InChI=1S/C27H25F2N7O3S/c1-36(2)8-9-39-23-13-20-17(12-22(23)38-3)25(31-14-30-20)35-27-34-19-7-5-16(11-24(19)40-27)32-26(37)33-21-10-15(28)4-6-18(21)29/h4-7,10-14H,8-9H2,1-3H3,(H2,32,33,37)(H,30,31,34,35). The molecule has 206 valence electrons. The van der Waals surface area contributed by atoms with Gasteiger partial charge in [0.15, 0.2) is 16.6 Å². The summed E-state index contributed by atoms with van der Waals surface area (Å²) in [5.74, 6) is 0.280. The first-order chi connectivity index (χ1) is 19.3. The fourth-order valence-corrected chi connectivity index (χ4v) is 4.71. The zero-order valence-corrected chi connectivity index (χ0v) is 22.6. The minimum atomic E-state index is -0.742. The van der Waals surface area contributed by atoms with E-state index in [4.69, 9.17) is 9.47 Å². The van der Waals surface area contributed by atoms with Crippen molar-refractivity contribution >= 4 is 60.8 Å². The summed E-state index contributed by atoms with van der Waals surface area (Å²) < 4.78 is 39.5. The Morgan fingerprint density at radius 3 is 2.65 bits per heavy atom. The van der Waals surface area contributed by atoms with Gasteiger partial charge in [0.2, 0.25) is 0 Å². The summed E-state index contributed by atoms with van der Waals surface area (Å²) in [6.07, 6.45) is 1.45. The first-order valence-electron chi connectivity index (χ1n) is 12.1. The third-order valence-electron chi connectivity index (χ3n) is 5.77. The number of hydrogen-bond acceptors (Lipinski definition) is 9. The highest BCUT2D eigenvalue weighted by molar-refractivity contribution is 7.22. The molecule has 0 saturated heterocycles. The van der Waals surface area contributed by atoms with Gasteiger partial charge in [-0.1, -0.05) is 11.3 Å². The predicted molar refractivity (Wildman–Crippen MR) is 152 cm³/mol. The number of anilines is 4. The monoisotopic (exact) mass is 565 g/mol. The molecule has 0 aliphatic rings. The predicted octanol–water partition coefficient (Wildman–Crippen LogP) is 5.85. The van der Waals surface area contributed by atoms with Crippen molar-refractivity contribution in [3.8, 4) is 11.5 Å². The molecule has 3 aromatic carbocycles. The zero-order chi connectivity index (χ0) is 28.2. The maximum atomic E-state index is 13.8. The van der Waals surface area contributed by atoms with Crippen molar-refractivity contribution in [2.45, 2.75) is 0 Å². The number of carbonyl (C=O) groups is 1. The van der Waals surface area contributed by atoms with Gasteiger partial charge in [-0.2, -0.15) is 0 Å². The van der Waals surface area contributed by atoms with Crippen molar-refractivity contribution in [3.05, 3.63) is 66.5 Å². The van der Waals surface area contributed by atoms with Gasteiger partial charge in [0.25, 0.3) is 0 Å². The van der Waals surface area contributed by atoms with Crippen molar-refractivity contribution in [2.24, 2.45) is 0 Å². The highest BCUT2D eigenvalue weighted by atomic mass is 32.1. The number of rotatable bonds is 9. The van der Waals surface area contributed by atoms with Gasteiger partial charge in [-0.3, -0.25) is 0 Å². The topological polar surface area (TPSA) is 114 Å². The number of urea groups is 1. The molecule has 10 nitrogen and oxygen atoms in total. The van der Waals surface area contributed by atoms with E-state index >= 15 is 0 Å². The minimum absolute atomic E-state index is 0.260. The van der Waals surface area contributed by atoms with Crippen LogP contribution < -0.4 is 25.4 Å². The number of amides is 2. The number of ether oxygens (including phenoxy) is 2. The van der Waals surface area contributed by atoms with Gasteiger partial charge >= 0.3 is 6.03 Å².